The molecule has 0 bridgehead atoms. The van der Waals surface area contributed by atoms with Crippen molar-refractivity contribution in [3.63, 3.8) is 0 Å². The van der Waals surface area contributed by atoms with Gasteiger partial charge in [-0.25, -0.2) is 4.98 Å². The van der Waals surface area contributed by atoms with Crippen LogP contribution in [0, 0.1) is 0 Å². The maximum atomic E-state index is 14.0. The molecule has 0 saturated carbocycles. The van der Waals surface area contributed by atoms with Crippen LogP contribution >= 0.6 is 10.6 Å². The molecular weight excluding hydrogens is 610 g/mol. The Bertz CT molecular complexity index is 1680. The lowest BCUT2D eigenvalue weighted by Gasteiger charge is -2.31. The molecule has 46 heavy (non-hydrogen) atoms. The molecular formula is C32H41N7O6S. The Morgan fingerprint density at radius 3 is 2.54 bits per heavy atom. The van der Waals surface area contributed by atoms with E-state index in [9.17, 15) is 13.9 Å². The van der Waals surface area contributed by atoms with Crippen molar-refractivity contribution in [3.05, 3.63) is 65.2 Å². The van der Waals surface area contributed by atoms with Crippen LogP contribution in [0.25, 0.3) is 22.3 Å². The highest BCUT2D eigenvalue weighted by Crippen LogP contribution is 2.47. The van der Waals surface area contributed by atoms with Gasteiger partial charge in [0.25, 0.3) is 5.56 Å². The number of anilines is 2. The number of aromatic nitrogens is 4. The number of hydrogen-bond acceptors (Lipinski definition) is 12. The van der Waals surface area contributed by atoms with Gasteiger partial charge in [-0.3, -0.25) is 28.4 Å². The van der Waals surface area contributed by atoms with Crippen molar-refractivity contribution >= 4 is 33.3 Å². The summed E-state index contributed by atoms with van der Waals surface area (Å²) in [5, 5.41) is 3.95. The maximum absolute atomic E-state index is 14.0. The van der Waals surface area contributed by atoms with Crippen LogP contribution < -0.4 is 15.6 Å². The van der Waals surface area contributed by atoms with Crippen molar-refractivity contribution in [3.8, 4) is 17.0 Å². The zero-order chi connectivity index (χ0) is 32.1. The quantitative estimate of drug-likeness (QED) is 0.205. The van der Waals surface area contributed by atoms with Gasteiger partial charge in [0, 0.05) is 63.6 Å². The molecule has 6 rings (SSSR count). The Morgan fingerprint density at radius 2 is 1.85 bits per heavy atom. The van der Waals surface area contributed by atoms with Crippen molar-refractivity contribution in [2.45, 2.75) is 24.0 Å². The van der Waals surface area contributed by atoms with Crippen molar-refractivity contribution in [2.24, 2.45) is 0 Å². The topological polar surface area (TPSA) is 147 Å². The van der Waals surface area contributed by atoms with E-state index in [1.807, 2.05) is 24.3 Å². The highest BCUT2D eigenvalue weighted by molar-refractivity contribution is 8.24. The third-order valence-electron chi connectivity index (χ3n) is 8.29. The Labute approximate surface area is 269 Å². The van der Waals surface area contributed by atoms with Crippen molar-refractivity contribution in [2.75, 3.05) is 77.8 Å². The minimum atomic E-state index is -3.06. The van der Waals surface area contributed by atoms with Crippen LogP contribution in [-0.2, 0) is 16.0 Å². The molecule has 5 heterocycles. The van der Waals surface area contributed by atoms with E-state index in [1.54, 1.807) is 29.0 Å². The lowest BCUT2D eigenvalue weighted by molar-refractivity contribution is 0.0364. The first kappa shape index (κ1) is 32.3. The second-order valence-corrected chi connectivity index (χ2v) is 13.8. The summed E-state index contributed by atoms with van der Waals surface area (Å²) in [6, 6.07) is 12.7. The second-order valence-electron chi connectivity index (χ2n) is 11.6. The molecule has 0 amide bonds. The van der Waals surface area contributed by atoms with E-state index < -0.39 is 10.6 Å². The van der Waals surface area contributed by atoms with E-state index in [-0.39, 0.29) is 24.0 Å². The summed E-state index contributed by atoms with van der Waals surface area (Å²) in [6.45, 7) is 6.14. The van der Waals surface area contributed by atoms with Crippen LogP contribution in [0.5, 0.6) is 5.75 Å². The summed E-state index contributed by atoms with van der Waals surface area (Å²) in [6.07, 6.45) is 4.32. The van der Waals surface area contributed by atoms with Crippen LogP contribution in [-0.4, -0.2) is 117 Å². The molecule has 0 radical (unpaired) electrons. The molecule has 2 saturated heterocycles. The molecule has 13 nitrogen and oxygen atoms in total. The predicted octanol–water partition coefficient (Wildman–Crippen LogP) is 3.77. The zero-order valence-corrected chi connectivity index (χ0v) is 27.0. The number of likely N-dealkylation sites (tertiary alicyclic amines) is 1. The molecule has 14 heteroatoms. The second kappa shape index (κ2) is 14.4. The van der Waals surface area contributed by atoms with Gasteiger partial charge in [-0.15, -0.1) is 0 Å². The van der Waals surface area contributed by atoms with E-state index in [2.05, 4.69) is 32.1 Å². The summed E-state index contributed by atoms with van der Waals surface area (Å²) < 4.78 is 39.4. The first-order valence-electron chi connectivity index (χ1n) is 15.4. The fourth-order valence-corrected chi connectivity index (χ4v) is 6.80. The van der Waals surface area contributed by atoms with E-state index >= 15 is 0 Å². The molecule has 1 aromatic carbocycles. The average Bonchev–Trinajstić information content (AvgIpc) is 3.48. The molecule has 0 spiro atoms. The highest BCUT2D eigenvalue weighted by Gasteiger charge is 2.22. The molecule has 3 aromatic heterocycles. The SMILES string of the molecule is COCCS(O)(O)c1ccc(-c2cc3cnc(Nc4ccc(OC5CCN(C)C5)cc4)nc3n(CCN3CCOCC3)c2=O)nc1. The number of methoxy groups -OCH3 is 1. The highest BCUT2D eigenvalue weighted by atomic mass is 32.3. The molecule has 1 unspecified atom stereocenters. The van der Waals surface area contributed by atoms with Gasteiger partial charge in [-0.05, 0) is 55.9 Å². The molecule has 2 aliphatic heterocycles. The monoisotopic (exact) mass is 651 g/mol. The third-order valence-corrected chi connectivity index (χ3v) is 10.0. The van der Waals surface area contributed by atoms with Gasteiger partial charge in [0.15, 0.2) is 0 Å². The minimum absolute atomic E-state index is 0.0682. The van der Waals surface area contributed by atoms with Crippen LogP contribution in [0.3, 0.4) is 0 Å². The van der Waals surface area contributed by atoms with Gasteiger partial charge in [-0.1, -0.05) is 0 Å². The van der Waals surface area contributed by atoms with Crippen molar-refractivity contribution < 1.29 is 23.3 Å². The summed E-state index contributed by atoms with van der Waals surface area (Å²) >= 11 is 0. The average molecular weight is 652 g/mol. The van der Waals surface area contributed by atoms with Gasteiger partial charge in [-0.2, -0.15) is 15.6 Å². The van der Waals surface area contributed by atoms with Crippen LogP contribution in [0.4, 0.5) is 11.6 Å². The number of morpholine rings is 1. The van der Waals surface area contributed by atoms with Gasteiger partial charge in [0.2, 0.25) is 5.95 Å². The molecule has 3 N–H and O–H groups in total. The fraction of sp³-hybridized carbons (Fsp3) is 0.438. The normalized spacial score (nSPS) is 18.2. The van der Waals surface area contributed by atoms with Crippen molar-refractivity contribution in [1.29, 1.82) is 0 Å². The number of ether oxygens (including phenoxy) is 3. The first-order valence-corrected chi connectivity index (χ1v) is 17.1. The summed E-state index contributed by atoms with van der Waals surface area (Å²) in [5.41, 5.74) is 1.87. The zero-order valence-electron chi connectivity index (χ0n) is 26.2. The third kappa shape index (κ3) is 7.66. The fourth-order valence-electron chi connectivity index (χ4n) is 5.66. The number of likely N-dealkylation sites (N-methyl/N-ethyl adjacent to an activating group) is 1. The van der Waals surface area contributed by atoms with Crippen LogP contribution in [0.15, 0.2) is 64.5 Å². The lowest BCUT2D eigenvalue weighted by Crippen LogP contribution is -2.39. The molecule has 4 aromatic rings. The smallest absolute Gasteiger partial charge is 0.261 e. The van der Waals surface area contributed by atoms with E-state index in [1.165, 1.54) is 13.3 Å². The first-order chi connectivity index (χ1) is 22.3. The number of pyridine rings is 2. The number of nitrogens with one attached hydrogen (secondary N) is 1. The number of hydrogen-bond donors (Lipinski definition) is 3. The largest absolute Gasteiger partial charge is 0.489 e. The Kier molecular flexibility index (Phi) is 10.1. The Balaban J connectivity index is 1.27. The van der Waals surface area contributed by atoms with Gasteiger partial charge >= 0.3 is 0 Å². The molecule has 1 atom stereocenters. The Morgan fingerprint density at radius 1 is 1.04 bits per heavy atom. The van der Waals surface area contributed by atoms with Crippen LogP contribution in [0.2, 0.25) is 0 Å². The van der Waals surface area contributed by atoms with E-state index in [0.717, 1.165) is 44.0 Å². The number of fused-ring (bicyclic) bond motifs is 1. The van der Waals surface area contributed by atoms with Gasteiger partial charge < -0.3 is 24.4 Å². The van der Waals surface area contributed by atoms with E-state index in [4.69, 9.17) is 19.2 Å². The van der Waals surface area contributed by atoms with Crippen LogP contribution in [0.1, 0.15) is 6.42 Å². The summed E-state index contributed by atoms with van der Waals surface area (Å²) in [5.74, 6) is 1.25. The number of rotatable bonds is 12. The van der Waals surface area contributed by atoms with Gasteiger partial charge in [0.1, 0.15) is 17.5 Å². The predicted molar refractivity (Wildman–Crippen MR) is 178 cm³/mol. The molecule has 2 aliphatic rings. The molecule has 246 valence electrons. The standard InChI is InChI=1S/C32H41N7O6S/c1-37-10-9-26(22-37)45-25-5-3-24(4-6-25)35-32-34-20-23-19-28(29-8-7-27(21-33-29)46(41,42)18-17-43-2)31(40)39(30(23)36-32)12-11-38-13-15-44-16-14-38/h3-8,19-21,26,41-42H,9-18,22H2,1-2H3,(H,34,35,36). The minimum Gasteiger partial charge on any atom is -0.489 e. The number of nitrogens with zero attached hydrogens (tertiary/aromatic N) is 6. The molecule has 0 aliphatic carbocycles. The summed E-state index contributed by atoms with van der Waals surface area (Å²) in [7, 11) is 0.547. The Hall–Kier alpha value is -3.63. The lowest BCUT2D eigenvalue weighted by atomic mass is 10.1. The number of benzene rings is 1. The van der Waals surface area contributed by atoms with Gasteiger partial charge in [0.05, 0.1) is 47.9 Å². The van der Waals surface area contributed by atoms with Crippen molar-refractivity contribution in [1.82, 2.24) is 29.3 Å². The maximum Gasteiger partial charge on any atom is 0.261 e. The van der Waals surface area contributed by atoms with E-state index in [0.29, 0.717) is 59.4 Å². The summed E-state index contributed by atoms with van der Waals surface area (Å²) in [4.78, 5) is 32.6. The molecule has 2 fully saturated rings.